The molecule has 2 aliphatic heterocycles. The van der Waals surface area contributed by atoms with Gasteiger partial charge in [-0.1, -0.05) is 0 Å². The Morgan fingerprint density at radius 3 is 2.48 bits per heavy atom. The average molecular weight is 340 g/mol. The van der Waals surface area contributed by atoms with Crippen LogP contribution in [0.3, 0.4) is 0 Å². The SMILES string of the molecule is CCOc1ccc(C(=O)N2CCN(C3CCNC3)CC2)cc1.Cl. The van der Waals surface area contributed by atoms with Crippen molar-refractivity contribution >= 4 is 18.3 Å². The molecule has 3 rings (SSSR count). The summed E-state index contributed by atoms with van der Waals surface area (Å²) < 4.78 is 5.42. The Kier molecular flexibility index (Phi) is 6.69. The maximum absolute atomic E-state index is 12.6. The molecule has 0 aromatic heterocycles. The monoisotopic (exact) mass is 339 g/mol. The fourth-order valence-corrected chi connectivity index (χ4v) is 3.28. The topological polar surface area (TPSA) is 44.8 Å². The summed E-state index contributed by atoms with van der Waals surface area (Å²) in [6.07, 6.45) is 1.23. The van der Waals surface area contributed by atoms with Crippen LogP contribution in [0.2, 0.25) is 0 Å². The number of halogens is 1. The van der Waals surface area contributed by atoms with Crippen LogP contribution in [-0.4, -0.2) is 67.6 Å². The summed E-state index contributed by atoms with van der Waals surface area (Å²) >= 11 is 0. The quantitative estimate of drug-likeness (QED) is 0.905. The molecule has 2 aliphatic rings. The molecular formula is C17H26ClN3O2. The number of hydrogen-bond donors (Lipinski definition) is 1. The number of carbonyl (C=O) groups excluding carboxylic acids is 1. The van der Waals surface area contributed by atoms with Gasteiger partial charge < -0.3 is 15.0 Å². The van der Waals surface area contributed by atoms with Gasteiger partial charge in [0.2, 0.25) is 0 Å². The summed E-state index contributed by atoms with van der Waals surface area (Å²) in [4.78, 5) is 17.0. The maximum atomic E-state index is 12.6. The summed E-state index contributed by atoms with van der Waals surface area (Å²) in [5.74, 6) is 0.949. The van der Waals surface area contributed by atoms with E-state index in [2.05, 4.69) is 10.2 Å². The number of rotatable bonds is 4. The number of nitrogens with zero attached hydrogens (tertiary/aromatic N) is 2. The van der Waals surface area contributed by atoms with Crippen molar-refractivity contribution < 1.29 is 9.53 Å². The summed E-state index contributed by atoms with van der Waals surface area (Å²) in [5, 5.41) is 3.41. The molecule has 128 valence electrons. The van der Waals surface area contributed by atoms with E-state index >= 15 is 0 Å². The minimum atomic E-state index is 0. The van der Waals surface area contributed by atoms with E-state index in [4.69, 9.17) is 4.74 Å². The lowest BCUT2D eigenvalue weighted by atomic mass is 10.1. The minimum absolute atomic E-state index is 0. The number of nitrogens with one attached hydrogen (secondary N) is 1. The third-order valence-electron chi connectivity index (χ3n) is 4.56. The zero-order valence-electron chi connectivity index (χ0n) is 13.7. The van der Waals surface area contributed by atoms with Gasteiger partial charge in [0.05, 0.1) is 6.61 Å². The van der Waals surface area contributed by atoms with E-state index < -0.39 is 0 Å². The molecule has 2 heterocycles. The predicted octanol–water partition coefficient (Wildman–Crippen LogP) is 1.63. The molecule has 1 amide bonds. The summed E-state index contributed by atoms with van der Waals surface area (Å²) in [7, 11) is 0. The van der Waals surface area contributed by atoms with Crippen LogP contribution in [0, 0.1) is 0 Å². The molecular weight excluding hydrogens is 314 g/mol. The van der Waals surface area contributed by atoms with Crippen LogP contribution < -0.4 is 10.1 Å². The highest BCUT2D eigenvalue weighted by Crippen LogP contribution is 2.16. The average Bonchev–Trinajstić information content (AvgIpc) is 3.10. The number of ether oxygens (including phenoxy) is 1. The molecule has 1 N–H and O–H groups in total. The van der Waals surface area contributed by atoms with Crippen LogP contribution in [0.4, 0.5) is 0 Å². The van der Waals surface area contributed by atoms with Gasteiger partial charge in [-0.25, -0.2) is 0 Å². The molecule has 0 aliphatic carbocycles. The van der Waals surface area contributed by atoms with Gasteiger partial charge >= 0.3 is 0 Å². The van der Waals surface area contributed by atoms with Crippen molar-refractivity contribution in [3.05, 3.63) is 29.8 Å². The van der Waals surface area contributed by atoms with Crippen molar-refractivity contribution in [3.8, 4) is 5.75 Å². The number of amides is 1. The van der Waals surface area contributed by atoms with Gasteiger partial charge in [0.15, 0.2) is 0 Å². The van der Waals surface area contributed by atoms with E-state index in [0.29, 0.717) is 12.6 Å². The van der Waals surface area contributed by atoms with Crippen molar-refractivity contribution in [2.75, 3.05) is 45.9 Å². The lowest BCUT2D eigenvalue weighted by molar-refractivity contribution is 0.0584. The Hall–Kier alpha value is -1.30. The summed E-state index contributed by atoms with van der Waals surface area (Å²) in [5.41, 5.74) is 0.749. The minimum Gasteiger partial charge on any atom is -0.494 e. The summed E-state index contributed by atoms with van der Waals surface area (Å²) in [6, 6.07) is 8.12. The molecule has 5 nitrogen and oxygen atoms in total. The van der Waals surface area contributed by atoms with E-state index in [1.165, 1.54) is 6.42 Å². The molecule has 2 saturated heterocycles. The zero-order chi connectivity index (χ0) is 15.4. The Morgan fingerprint density at radius 1 is 1.22 bits per heavy atom. The van der Waals surface area contributed by atoms with Crippen LogP contribution in [0.25, 0.3) is 0 Å². The first-order valence-corrected chi connectivity index (χ1v) is 8.25. The van der Waals surface area contributed by atoms with E-state index in [1.807, 2.05) is 36.1 Å². The highest BCUT2D eigenvalue weighted by Gasteiger charge is 2.28. The van der Waals surface area contributed by atoms with E-state index in [1.54, 1.807) is 0 Å². The standard InChI is InChI=1S/C17H25N3O2.ClH/c1-2-22-16-5-3-14(4-6-16)17(21)20-11-9-19(10-12-20)15-7-8-18-13-15;/h3-6,15,18H,2,7-13H2,1H3;1H. The first-order chi connectivity index (χ1) is 10.8. The molecule has 1 atom stereocenters. The number of carbonyl (C=O) groups is 1. The molecule has 1 aromatic rings. The Labute approximate surface area is 144 Å². The third-order valence-corrected chi connectivity index (χ3v) is 4.56. The highest BCUT2D eigenvalue weighted by atomic mass is 35.5. The molecule has 1 unspecified atom stereocenters. The van der Waals surface area contributed by atoms with Crippen LogP contribution in [0.1, 0.15) is 23.7 Å². The molecule has 23 heavy (non-hydrogen) atoms. The van der Waals surface area contributed by atoms with Gasteiger partial charge in [0, 0.05) is 44.3 Å². The molecule has 6 heteroatoms. The third kappa shape index (κ3) is 4.37. The van der Waals surface area contributed by atoms with Gasteiger partial charge in [0.25, 0.3) is 5.91 Å². The van der Waals surface area contributed by atoms with E-state index in [0.717, 1.165) is 50.6 Å². The molecule has 0 radical (unpaired) electrons. The molecule has 1 aromatic carbocycles. The Bertz CT molecular complexity index is 495. The van der Waals surface area contributed by atoms with Gasteiger partial charge in [-0.05, 0) is 44.2 Å². The van der Waals surface area contributed by atoms with Crippen molar-refractivity contribution in [2.45, 2.75) is 19.4 Å². The zero-order valence-corrected chi connectivity index (χ0v) is 14.5. The van der Waals surface area contributed by atoms with Crippen LogP contribution >= 0.6 is 12.4 Å². The number of benzene rings is 1. The second kappa shape index (κ2) is 8.52. The van der Waals surface area contributed by atoms with Gasteiger partial charge in [-0.3, -0.25) is 9.69 Å². The molecule has 2 fully saturated rings. The molecule has 0 spiro atoms. The lowest BCUT2D eigenvalue weighted by Gasteiger charge is -2.37. The van der Waals surface area contributed by atoms with Crippen LogP contribution in [-0.2, 0) is 0 Å². The smallest absolute Gasteiger partial charge is 0.253 e. The Balaban J connectivity index is 0.00000192. The second-order valence-corrected chi connectivity index (χ2v) is 5.93. The van der Waals surface area contributed by atoms with Crippen molar-refractivity contribution in [3.63, 3.8) is 0 Å². The fraction of sp³-hybridized carbons (Fsp3) is 0.588. The van der Waals surface area contributed by atoms with Crippen molar-refractivity contribution in [1.82, 2.24) is 15.1 Å². The van der Waals surface area contributed by atoms with Gasteiger partial charge in [0.1, 0.15) is 5.75 Å². The van der Waals surface area contributed by atoms with Crippen molar-refractivity contribution in [2.24, 2.45) is 0 Å². The lowest BCUT2D eigenvalue weighted by Crippen LogP contribution is -2.52. The highest BCUT2D eigenvalue weighted by molar-refractivity contribution is 5.94. The van der Waals surface area contributed by atoms with E-state index in [9.17, 15) is 4.79 Å². The van der Waals surface area contributed by atoms with Crippen LogP contribution in [0.5, 0.6) is 5.75 Å². The molecule has 0 bridgehead atoms. The first-order valence-electron chi connectivity index (χ1n) is 8.25. The fourth-order valence-electron chi connectivity index (χ4n) is 3.28. The Morgan fingerprint density at radius 2 is 1.91 bits per heavy atom. The summed E-state index contributed by atoms with van der Waals surface area (Å²) in [6.45, 7) is 8.42. The maximum Gasteiger partial charge on any atom is 0.253 e. The number of hydrogen-bond acceptors (Lipinski definition) is 4. The normalized spacial score (nSPS) is 21.8. The van der Waals surface area contributed by atoms with Crippen LogP contribution in [0.15, 0.2) is 24.3 Å². The number of piperazine rings is 1. The molecule has 0 saturated carbocycles. The van der Waals surface area contributed by atoms with Gasteiger partial charge in [-0.15, -0.1) is 12.4 Å². The van der Waals surface area contributed by atoms with E-state index in [-0.39, 0.29) is 18.3 Å². The predicted molar refractivity (Wildman–Crippen MR) is 93.6 cm³/mol. The van der Waals surface area contributed by atoms with Crippen molar-refractivity contribution in [1.29, 1.82) is 0 Å². The van der Waals surface area contributed by atoms with Gasteiger partial charge in [-0.2, -0.15) is 0 Å². The largest absolute Gasteiger partial charge is 0.494 e. The first kappa shape index (κ1) is 18.0. The second-order valence-electron chi connectivity index (χ2n) is 5.93.